The average Bonchev–Trinajstić information content (AvgIpc) is 2.47. The molecule has 1 rings (SSSR count). The second kappa shape index (κ2) is 9.24. The summed E-state index contributed by atoms with van der Waals surface area (Å²) in [5, 5.41) is 2.65. The summed E-state index contributed by atoms with van der Waals surface area (Å²) in [7, 11) is -2.10. The zero-order valence-corrected chi connectivity index (χ0v) is 14.3. The maximum Gasteiger partial charge on any atom is 0.248 e. The smallest absolute Gasteiger partial charge is 0.248 e. The second-order valence-electron chi connectivity index (χ2n) is 4.88. The molecule has 1 aromatic carbocycles. The molecule has 0 aliphatic heterocycles. The Bertz CT molecular complexity index is 664. The number of sulfonamides is 1. The fourth-order valence-corrected chi connectivity index (χ4v) is 3.00. The number of amides is 1. The minimum Gasteiger partial charge on any atom is -0.383 e. The normalized spacial score (nSPS) is 13.5. The molecule has 1 atom stereocenters. The number of allylic oxidation sites excluding steroid dienone is 3. The number of methoxy groups -OCH3 is 1. The van der Waals surface area contributed by atoms with E-state index in [1.54, 1.807) is 25.2 Å². The fraction of sp³-hybridized carbons (Fsp3) is 0.312. The largest absolute Gasteiger partial charge is 0.383 e. The zero-order valence-electron chi connectivity index (χ0n) is 13.4. The molecule has 0 aliphatic carbocycles. The molecule has 1 aromatic rings. The van der Waals surface area contributed by atoms with E-state index in [4.69, 9.17) is 4.74 Å². The summed E-state index contributed by atoms with van der Waals surface area (Å²) in [5.74, 6) is -0.287. The lowest BCUT2D eigenvalue weighted by Gasteiger charge is -2.13. The monoisotopic (exact) mass is 338 g/mol. The summed E-state index contributed by atoms with van der Waals surface area (Å²) < 4.78 is 31.7. The summed E-state index contributed by atoms with van der Waals surface area (Å²) in [6.07, 6.45) is 6.55. The molecule has 0 heterocycles. The molecule has 7 heteroatoms. The molecule has 0 saturated heterocycles. The lowest BCUT2D eigenvalue weighted by atomic mass is 10.3. The van der Waals surface area contributed by atoms with Gasteiger partial charge in [0.25, 0.3) is 0 Å². The molecule has 0 aliphatic rings. The number of carbonyl (C=O) groups excluding carboxylic acids is 1. The van der Waals surface area contributed by atoms with Gasteiger partial charge in [-0.25, -0.2) is 13.1 Å². The summed E-state index contributed by atoms with van der Waals surface area (Å²) in [6.45, 7) is 3.85. The van der Waals surface area contributed by atoms with Gasteiger partial charge in [0, 0.05) is 24.9 Å². The van der Waals surface area contributed by atoms with E-state index >= 15 is 0 Å². The van der Waals surface area contributed by atoms with E-state index in [1.807, 2.05) is 6.92 Å². The van der Waals surface area contributed by atoms with Gasteiger partial charge < -0.3 is 10.1 Å². The van der Waals surface area contributed by atoms with Crippen LogP contribution >= 0.6 is 0 Å². The minimum absolute atomic E-state index is 0.128. The van der Waals surface area contributed by atoms with Crippen molar-refractivity contribution in [1.82, 2.24) is 4.72 Å². The first kappa shape index (κ1) is 19.1. The zero-order chi connectivity index (χ0) is 17.3. The lowest BCUT2D eigenvalue weighted by molar-refractivity contribution is -0.111. The molecular weight excluding hydrogens is 316 g/mol. The Morgan fingerprint density at radius 3 is 2.48 bits per heavy atom. The van der Waals surface area contributed by atoms with Crippen LogP contribution in [0.3, 0.4) is 0 Å². The van der Waals surface area contributed by atoms with Gasteiger partial charge in [-0.2, -0.15) is 0 Å². The van der Waals surface area contributed by atoms with E-state index in [1.165, 1.54) is 37.5 Å². The van der Waals surface area contributed by atoms with Crippen LogP contribution in [0.1, 0.15) is 13.8 Å². The third kappa shape index (κ3) is 6.77. The first-order valence-electron chi connectivity index (χ1n) is 7.10. The van der Waals surface area contributed by atoms with Crippen LogP contribution in [0.15, 0.2) is 53.5 Å². The molecule has 0 fully saturated rings. The number of carbonyl (C=O) groups is 1. The standard InChI is InChI=1S/C16H22N2O4S/c1-4-5-6-7-16(19)17-14-8-10-15(11-9-14)23(20,21)18-13(2)12-22-3/h4-11,13,18H,12H2,1-3H3,(H,17,19). The second-order valence-corrected chi connectivity index (χ2v) is 6.59. The fourth-order valence-electron chi connectivity index (χ4n) is 1.77. The molecule has 0 bridgehead atoms. The van der Waals surface area contributed by atoms with Crippen molar-refractivity contribution in [2.24, 2.45) is 0 Å². The number of rotatable bonds is 8. The molecular formula is C16H22N2O4S. The SMILES string of the molecule is CC=CC=CC(=O)Nc1ccc(S(=O)(=O)NC(C)COC)cc1. The van der Waals surface area contributed by atoms with Gasteiger partial charge in [0.15, 0.2) is 0 Å². The van der Waals surface area contributed by atoms with Crippen molar-refractivity contribution < 1.29 is 17.9 Å². The molecule has 1 unspecified atom stereocenters. The van der Waals surface area contributed by atoms with Gasteiger partial charge in [0.1, 0.15) is 0 Å². The maximum atomic E-state index is 12.2. The van der Waals surface area contributed by atoms with Crippen molar-refractivity contribution in [1.29, 1.82) is 0 Å². The van der Waals surface area contributed by atoms with Crippen LogP contribution in [0.25, 0.3) is 0 Å². The third-order valence-electron chi connectivity index (χ3n) is 2.76. The molecule has 0 aromatic heterocycles. The van der Waals surface area contributed by atoms with Gasteiger partial charge in [-0.3, -0.25) is 4.79 Å². The molecule has 2 N–H and O–H groups in total. The summed E-state index contributed by atoms with van der Waals surface area (Å²) in [6, 6.07) is 5.62. The average molecular weight is 338 g/mol. The number of benzene rings is 1. The van der Waals surface area contributed by atoms with E-state index in [0.29, 0.717) is 5.69 Å². The Kier molecular flexibility index (Phi) is 7.67. The Morgan fingerprint density at radius 1 is 1.26 bits per heavy atom. The van der Waals surface area contributed by atoms with Crippen LogP contribution in [-0.2, 0) is 19.6 Å². The summed E-state index contributed by atoms with van der Waals surface area (Å²) in [5.41, 5.74) is 0.518. The maximum absolute atomic E-state index is 12.2. The van der Waals surface area contributed by atoms with Gasteiger partial charge in [0.2, 0.25) is 15.9 Å². The van der Waals surface area contributed by atoms with E-state index in [0.717, 1.165) is 0 Å². The summed E-state index contributed by atoms with van der Waals surface area (Å²) >= 11 is 0. The highest BCUT2D eigenvalue weighted by Gasteiger charge is 2.17. The van der Waals surface area contributed by atoms with Crippen LogP contribution < -0.4 is 10.0 Å². The van der Waals surface area contributed by atoms with Gasteiger partial charge in [-0.05, 0) is 38.1 Å². The number of anilines is 1. The highest BCUT2D eigenvalue weighted by Crippen LogP contribution is 2.14. The number of hydrogen-bond donors (Lipinski definition) is 2. The van der Waals surface area contributed by atoms with Gasteiger partial charge >= 0.3 is 0 Å². The van der Waals surface area contributed by atoms with Crippen molar-refractivity contribution in [3.8, 4) is 0 Å². The van der Waals surface area contributed by atoms with Crippen molar-refractivity contribution in [2.45, 2.75) is 24.8 Å². The first-order valence-corrected chi connectivity index (χ1v) is 8.59. The van der Waals surface area contributed by atoms with E-state index < -0.39 is 10.0 Å². The predicted octanol–water partition coefficient (Wildman–Crippen LogP) is 2.07. The van der Waals surface area contributed by atoms with Crippen molar-refractivity contribution in [2.75, 3.05) is 19.0 Å². The van der Waals surface area contributed by atoms with Crippen LogP contribution in [0.2, 0.25) is 0 Å². The molecule has 0 spiro atoms. The molecule has 6 nitrogen and oxygen atoms in total. The minimum atomic E-state index is -3.61. The Balaban J connectivity index is 2.74. The number of nitrogens with one attached hydrogen (secondary N) is 2. The Morgan fingerprint density at radius 2 is 1.91 bits per heavy atom. The van der Waals surface area contributed by atoms with Crippen molar-refractivity contribution in [3.05, 3.63) is 48.6 Å². The van der Waals surface area contributed by atoms with Crippen LogP contribution in [0.5, 0.6) is 0 Å². The van der Waals surface area contributed by atoms with Crippen LogP contribution in [0, 0.1) is 0 Å². The lowest BCUT2D eigenvalue weighted by Crippen LogP contribution is -2.35. The molecule has 0 radical (unpaired) electrons. The highest BCUT2D eigenvalue weighted by atomic mass is 32.2. The van der Waals surface area contributed by atoms with Crippen LogP contribution in [0.4, 0.5) is 5.69 Å². The molecule has 126 valence electrons. The summed E-state index contributed by atoms with van der Waals surface area (Å²) in [4.78, 5) is 11.7. The van der Waals surface area contributed by atoms with Crippen molar-refractivity contribution >= 4 is 21.6 Å². The van der Waals surface area contributed by atoms with Crippen LogP contribution in [-0.4, -0.2) is 34.1 Å². The Labute approximate surface area is 137 Å². The van der Waals surface area contributed by atoms with Gasteiger partial charge in [0.05, 0.1) is 11.5 Å². The Hall–Kier alpha value is -1.96. The van der Waals surface area contributed by atoms with Gasteiger partial charge in [-0.15, -0.1) is 0 Å². The molecule has 23 heavy (non-hydrogen) atoms. The van der Waals surface area contributed by atoms with E-state index in [2.05, 4.69) is 10.0 Å². The first-order chi connectivity index (χ1) is 10.9. The van der Waals surface area contributed by atoms with E-state index in [-0.39, 0.29) is 23.5 Å². The third-order valence-corrected chi connectivity index (χ3v) is 4.36. The predicted molar refractivity (Wildman–Crippen MR) is 90.7 cm³/mol. The quantitative estimate of drug-likeness (QED) is 0.561. The molecule has 0 saturated carbocycles. The highest BCUT2D eigenvalue weighted by molar-refractivity contribution is 7.89. The number of ether oxygens (including phenoxy) is 1. The van der Waals surface area contributed by atoms with Crippen molar-refractivity contribution in [3.63, 3.8) is 0 Å². The van der Waals surface area contributed by atoms with E-state index in [9.17, 15) is 13.2 Å². The molecule has 1 amide bonds. The van der Waals surface area contributed by atoms with Gasteiger partial charge in [-0.1, -0.05) is 18.2 Å². The topological polar surface area (TPSA) is 84.5 Å². The number of hydrogen-bond acceptors (Lipinski definition) is 4.